The highest BCUT2D eigenvalue weighted by molar-refractivity contribution is 6.30. The summed E-state index contributed by atoms with van der Waals surface area (Å²) in [7, 11) is 0. The second kappa shape index (κ2) is 7.66. The molecular weight excluding hydrogens is 374 g/mol. The molecule has 0 radical (unpaired) electrons. The number of aromatic nitrogens is 2. The van der Waals surface area contributed by atoms with E-state index in [-0.39, 0.29) is 11.0 Å². The molecule has 138 valence electrons. The first-order valence-electron chi connectivity index (χ1n) is 8.71. The van der Waals surface area contributed by atoms with Crippen molar-refractivity contribution in [1.29, 1.82) is 0 Å². The van der Waals surface area contributed by atoms with Gasteiger partial charge in [0, 0.05) is 29.3 Å². The third-order valence-electron chi connectivity index (χ3n) is 4.40. The fourth-order valence-electron chi connectivity index (χ4n) is 3.04. The van der Waals surface area contributed by atoms with E-state index in [0.29, 0.717) is 22.8 Å². The maximum atomic E-state index is 12.9. The maximum Gasteiger partial charge on any atom is 0.262 e. The number of para-hydroxylation sites is 1. The highest BCUT2D eigenvalue weighted by atomic mass is 35.5. The van der Waals surface area contributed by atoms with E-state index in [1.54, 1.807) is 42.7 Å². The van der Waals surface area contributed by atoms with Crippen LogP contribution in [0.1, 0.15) is 15.9 Å². The van der Waals surface area contributed by atoms with Gasteiger partial charge in [-0.25, -0.2) is 4.98 Å². The van der Waals surface area contributed by atoms with Crippen LogP contribution in [0.25, 0.3) is 10.9 Å². The number of amides is 1. The third-order valence-corrected chi connectivity index (χ3v) is 4.66. The molecule has 6 heteroatoms. The molecule has 1 amide bonds. The summed E-state index contributed by atoms with van der Waals surface area (Å²) < 4.78 is 1.90. The van der Waals surface area contributed by atoms with E-state index < -0.39 is 5.91 Å². The molecule has 4 aromatic rings. The molecule has 0 saturated carbocycles. The van der Waals surface area contributed by atoms with Gasteiger partial charge in [0.25, 0.3) is 5.91 Å². The van der Waals surface area contributed by atoms with Crippen LogP contribution in [0, 0.1) is 0 Å². The van der Waals surface area contributed by atoms with Crippen LogP contribution < -0.4 is 10.7 Å². The van der Waals surface area contributed by atoms with Crippen LogP contribution in [-0.2, 0) is 6.54 Å². The maximum absolute atomic E-state index is 12.9. The van der Waals surface area contributed by atoms with Crippen molar-refractivity contribution >= 4 is 34.2 Å². The lowest BCUT2D eigenvalue weighted by atomic mass is 10.1. The minimum absolute atomic E-state index is 0.0679. The molecule has 0 unspecified atom stereocenters. The topological polar surface area (TPSA) is 64.0 Å². The zero-order valence-electron chi connectivity index (χ0n) is 14.8. The van der Waals surface area contributed by atoms with Crippen molar-refractivity contribution in [2.24, 2.45) is 0 Å². The first kappa shape index (κ1) is 17.9. The zero-order chi connectivity index (χ0) is 19.5. The van der Waals surface area contributed by atoms with Crippen LogP contribution in [0.5, 0.6) is 0 Å². The number of carbonyl (C=O) groups excluding carboxylic acids is 1. The molecule has 2 aromatic heterocycles. The molecular formula is C22H16ClN3O2. The van der Waals surface area contributed by atoms with Gasteiger partial charge in [-0.1, -0.05) is 41.9 Å². The molecule has 4 rings (SSSR count). The molecule has 1 N–H and O–H groups in total. The van der Waals surface area contributed by atoms with E-state index in [9.17, 15) is 9.59 Å². The van der Waals surface area contributed by atoms with E-state index in [1.807, 2.05) is 41.0 Å². The summed E-state index contributed by atoms with van der Waals surface area (Å²) in [4.78, 5) is 29.7. The zero-order valence-corrected chi connectivity index (χ0v) is 15.6. The summed E-state index contributed by atoms with van der Waals surface area (Å²) in [5, 5.41) is 3.83. The van der Waals surface area contributed by atoms with E-state index in [1.165, 1.54) is 0 Å². The molecule has 2 aromatic carbocycles. The summed E-state index contributed by atoms with van der Waals surface area (Å²) in [6.45, 7) is 0.502. The van der Waals surface area contributed by atoms with Gasteiger partial charge in [0.2, 0.25) is 5.43 Å². The minimum Gasteiger partial charge on any atom is -0.342 e. The number of benzene rings is 2. The second-order valence-electron chi connectivity index (χ2n) is 6.31. The van der Waals surface area contributed by atoms with Crippen LogP contribution in [0.15, 0.2) is 83.9 Å². The third kappa shape index (κ3) is 3.66. The number of anilines is 1. The van der Waals surface area contributed by atoms with E-state index in [4.69, 9.17) is 11.6 Å². The van der Waals surface area contributed by atoms with E-state index in [0.717, 1.165) is 11.1 Å². The molecule has 28 heavy (non-hydrogen) atoms. The van der Waals surface area contributed by atoms with Gasteiger partial charge >= 0.3 is 0 Å². The van der Waals surface area contributed by atoms with Gasteiger partial charge in [0.05, 0.1) is 5.52 Å². The Balaban J connectivity index is 1.78. The molecule has 0 spiro atoms. The SMILES string of the molecule is O=C(Nc1ccccn1)c1cn(Cc2ccc(Cl)cc2)c2ccccc2c1=O. The van der Waals surface area contributed by atoms with Crippen molar-refractivity contribution in [1.82, 2.24) is 9.55 Å². The minimum atomic E-state index is -0.487. The van der Waals surface area contributed by atoms with Crippen molar-refractivity contribution in [2.75, 3.05) is 5.32 Å². The lowest BCUT2D eigenvalue weighted by Gasteiger charge is -2.14. The largest absolute Gasteiger partial charge is 0.342 e. The normalized spacial score (nSPS) is 10.8. The first-order valence-corrected chi connectivity index (χ1v) is 9.08. The number of fused-ring (bicyclic) bond motifs is 1. The van der Waals surface area contributed by atoms with Gasteiger partial charge in [0.1, 0.15) is 11.4 Å². The second-order valence-corrected chi connectivity index (χ2v) is 6.75. The molecule has 0 atom stereocenters. The fourth-order valence-corrected chi connectivity index (χ4v) is 3.17. The van der Waals surface area contributed by atoms with E-state index in [2.05, 4.69) is 10.3 Å². The number of carbonyl (C=O) groups is 1. The number of nitrogens with zero attached hydrogens (tertiary/aromatic N) is 2. The van der Waals surface area contributed by atoms with Crippen LogP contribution >= 0.6 is 11.6 Å². The molecule has 0 bridgehead atoms. The van der Waals surface area contributed by atoms with E-state index >= 15 is 0 Å². The average Bonchev–Trinajstić information content (AvgIpc) is 2.72. The average molecular weight is 390 g/mol. The van der Waals surface area contributed by atoms with Crippen molar-refractivity contribution in [3.63, 3.8) is 0 Å². The monoisotopic (exact) mass is 389 g/mol. The number of rotatable bonds is 4. The van der Waals surface area contributed by atoms with Crippen molar-refractivity contribution in [2.45, 2.75) is 6.54 Å². The fraction of sp³-hybridized carbons (Fsp3) is 0.0455. The molecule has 0 aliphatic rings. The first-order chi connectivity index (χ1) is 13.6. The number of pyridine rings is 2. The summed E-state index contributed by atoms with van der Waals surface area (Å²) in [6.07, 6.45) is 3.17. The quantitative estimate of drug-likeness (QED) is 0.564. The van der Waals surface area contributed by atoms with Gasteiger partial charge in [-0.2, -0.15) is 0 Å². The van der Waals surface area contributed by atoms with Crippen molar-refractivity contribution in [3.8, 4) is 0 Å². The number of nitrogens with one attached hydrogen (secondary N) is 1. The molecule has 0 saturated heterocycles. The molecule has 0 fully saturated rings. The number of halogens is 1. The van der Waals surface area contributed by atoms with Crippen LogP contribution in [-0.4, -0.2) is 15.5 Å². The Labute approximate surface area is 166 Å². The highest BCUT2D eigenvalue weighted by Gasteiger charge is 2.16. The molecule has 5 nitrogen and oxygen atoms in total. The predicted molar refractivity (Wildman–Crippen MR) is 111 cm³/mol. The van der Waals surface area contributed by atoms with Gasteiger partial charge in [-0.05, 0) is 42.0 Å². The van der Waals surface area contributed by atoms with Gasteiger partial charge < -0.3 is 9.88 Å². The Bertz CT molecular complexity index is 1200. The predicted octanol–water partition coefficient (Wildman–Crippen LogP) is 4.35. The lowest BCUT2D eigenvalue weighted by Crippen LogP contribution is -2.24. The highest BCUT2D eigenvalue weighted by Crippen LogP contribution is 2.16. The van der Waals surface area contributed by atoms with Gasteiger partial charge in [0.15, 0.2) is 0 Å². The Morgan fingerprint density at radius 1 is 1.00 bits per heavy atom. The van der Waals surface area contributed by atoms with Crippen LogP contribution in [0.4, 0.5) is 5.82 Å². The van der Waals surface area contributed by atoms with Crippen molar-refractivity contribution in [3.05, 3.63) is 105 Å². The Kier molecular flexibility index (Phi) is 4.91. The summed E-state index contributed by atoms with van der Waals surface area (Å²) in [6, 6.07) is 19.9. The number of hydrogen-bond acceptors (Lipinski definition) is 3. The Morgan fingerprint density at radius 2 is 1.75 bits per heavy atom. The Morgan fingerprint density at radius 3 is 2.50 bits per heavy atom. The standard InChI is InChI=1S/C22H16ClN3O2/c23-16-10-8-15(9-11-16)13-26-14-18(21(27)17-5-1-2-6-19(17)26)22(28)25-20-7-3-4-12-24-20/h1-12,14H,13H2,(H,24,25,28). The molecule has 2 heterocycles. The molecule has 0 aliphatic heterocycles. The summed E-state index contributed by atoms with van der Waals surface area (Å²) in [5.41, 5.74) is 1.53. The smallest absolute Gasteiger partial charge is 0.262 e. The Hall–Kier alpha value is -3.44. The molecule has 0 aliphatic carbocycles. The van der Waals surface area contributed by atoms with Crippen molar-refractivity contribution < 1.29 is 4.79 Å². The van der Waals surface area contributed by atoms with Gasteiger partial charge in [-0.15, -0.1) is 0 Å². The number of hydrogen-bond donors (Lipinski definition) is 1. The van der Waals surface area contributed by atoms with Crippen LogP contribution in [0.2, 0.25) is 5.02 Å². The lowest BCUT2D eigenvalue weighted by molar-refractivity contribution is 0.102. The summed E-state index contributed by atoms with van der Waals surface area (Å²) >= 11 is 5.97. The van der Waals surface area contributed by atoms with Gasteiger partial charge in [-0.3, -0.25) is 9.59 Å². The summed E-state index contributed by atoms with van der Waals surface area (Å²) in [5.74, 6) is -0.0939. The van der Waals surface area contributed by atoms with Crippen LogP contribution in [0.3, 0.4) is 0 Å².